The zero-order valence-electron chi connectivity index (χ0n) is 26.9. The van der Waals surface area contributed by atoms with E-state index >= 15 is 0 Å². The van der Waals surface area contributed by atoms with Crippen molar-refractivity contribution >= 4 is 7.60 Å². The summed E-state index contributed by atoms with van der Waals surface area (Å²) in [5.74, 6) is 0. The summed E-state index contributed by atoms with van der Waals surface area (Å²) in [5, 5.41) is 23.4. The van der Waals surface area contributed by atoms with Crippen molar-refractivity contribution in [3.63, 3.8) is 0 Å². The highest BCUT2D eigenvalue weighted by molar-refractivity contribution is 7.53. The zero-order valence-corrected chi connectivity index (χ0v) is 27.8. The van der Waals surface area contributed by atoms with Crippen LogP contribution in [-0.4, -0.2) is 67.7 Å². The third kappa shape index (κ3) is 12.1. The number of aliphatic hydroxyl groups excluding tert-OH is 2. The first kappa shape index (κ1) is 36.6. The maximum atomic E-state index is 13.2. The molecule has 0 aliphatic rings. The molecule has 5 atom stereocenters. The summed E-state index contributed by atoms with van der Waals surface area (Å²) in [5.41, 5.74) is 3.54. The lowest BCUT2D eigenvalue weighted by Crippen LogP contribution is -2.54. The lowest BCUT2D eigenvalue weighted by atomic mass is 9.98. The minimum atomic E-state index is -3.69. The Kier molecular flexibility index (Phi) is 15.3. The molecule has 0 bridgehead atoms. The summed E-state index contributed by atoms with van der Waals surface area (Å²) in [6, 6.07) is 38.2. The van der Waals surface area contributed by atoms with Gasteiger partial charge in [0.25, 0.3) is 0 Å². The number of aliphatic hydroxyl groups is 2. The van der Waals surface area contributed by atoms with E-state index in [0.29, 0.717) is 0 Å². The summed E-state index contributed by atoms with van der Waals surface area (Å²) in [7, 11) is -1.16. The van der Waals surface area contributed by atoms with Gasteiger partial charge in [0.05, 0.1) is 45.3 Å². The largest absolute Gasteiger partial charge is 0.390 e. The summed E-state index contributed by atoms with van der Waals surface area (Å²) >= 11 is 0. The summed E-state index contributed by atoms with van der Waals surface area (Å²) in [4.78, 5) is 0. The van der Waals surface area contributed by atoms with Crippen LogP contribution in [0.25, 0.3) is 0 Å². The van der Waals surface area contributed by atoms with E-state index in [1.54, 1.807) is 0 Å². The Morgan fingerprint density at radius 1 is 0.511 bits per heavy atom. The van der Waals surface area contributed by atoms with E-state index in [4.69, 9.17) is 28.0 Å². The van der Waals surface area contributed by atoms with E-state index in [1.807, 2.05) is 121 Å². The van der Waals surface area contributed by atoms with Crippen LogP contribution in [0.5, 0.6) is 0 Å². The number of hydrogen-bond donors (Lipinski definition) is 2. The van der Waals surface area contributed by atoms with Gasteiger partial charge in [-0.1, -0.05) is 121 Å². The second-order valence-electron chi connectivity index (χ2n) is 11.1. The van der Waals surface area contributed by atoms with Gasteiger partial charge in [-0.05, 0) is 22.3 Å². The minimum absolute atomic E-state index is 0.0876. The van der Waals surface area contributed by atoms with E-state index in [9.17, 15) is 14.8 Å². The van der Waals surface area contributed by atoms with Crippen LogP contribution in [0, 0.1) is 0 Å². The molecule has 0 amide bonds. The Hall–Kier alpha value is -3.21. The molecule has 10 heteroatoms. The molecule has 0 spiro atoms. The van der Waals surface area contributed by atoms with Crippen LogP contribution >= 0.6 is 7.60 Å². The van der Waals surface area contributed by atoms with Crippen LogP contribution in [0.15, 0.2) is 121 Å². The van der Waals surface area contributed by atoms with Crippen LogP contribution in [0.2, 0.25) is 0 Å². The van der Waals surface area contributed by atoms with Gasteiger partial charge in [-0.2, -0.15) is 0 Å². The molecule has 0 aromatic heterocycles. The molecule has 2 N–H and O–H groups in total. The molecular formula is C37H45O9P. The van der Waals surface area contributed by atoms with Gasteiger partial charge < -0.3 is 38.2 Å². The fraction of sp³-hybridized carbons (Fsp3) is 0.351. The first-order chi connectivity index (χ1) is 22.9. The third-order valence-corrected chi connectivity index (χ3v) is 9.56. The van der Waals surface area contributed by atoms with Gasteiger partial charge >= 0.3 is 7.60 Å². The molecule has 4 aromatic carbocycles. The topological polar surface area (TPSA) is 113 Å². The van der Waals surface area contributed by atoms with Gasteiger partial charge in [-0.25, -0.2) is 0 Å². The van der Waals surface area contributed by atoms with Crippen molar-refractivity contribution in [3.8, 4) is 0 Å². The van der Waals surface area contributed by atoms with Crippen molar-refractivity contribution in [1.82, 2.24) is 0 Å². The lowest BCUT2D eigenvalue weighted by molar-refractivity contribution is -0.203. The molecule has 47 heavy (non-hydrogen) atoms. The number of hydrogen-bond acceptors (Lipinski definition) is 9. The molecule has 0 saturated carbocycles. The number of benzene rings is 4. The Labute approximate surface area is 277 Å². The molecule has 4 rings (SSSR count). The monoisotopic (exact) mass is 664 g/mol. The molecule has 0 aliphatic carbocycles. The van der Waals surface area contributed by atoms with Crippen molar-refractivity contribution in [1.29, 1.82) is 0 Å². The molecule has 0 saturated heterocycles. The Morgan fingerprint density at radius 2 is 0.851 bits per heavy atom. The van der Waals surface area contributed by atoms with Gasteiger partial charge in [0, 0.05) is 14.2 Å². The van der Waals surface area contributed by atoms with Crippen LogP contribution in [0.3, 0.4) is 0 Å². The maximum absolute atomic E-state index is 13.2. The second-order valence-corrected chi connectivity index (χ2v) is 13.4. The van der Waals surface area contributed by atoms with E-state index < -0.39 is 38.1 Å². The van der Waals surface area contributed by atoms with Gasteiger partial charge in [0.2, 0.25) is 0 Å². The van der Waals surface area contributed by atoms with Crippen molar-refractivity contribution in [2.75, 3.05) is 27.0 Å². The van der Waals surface area contributed by atoms with Crippen LogP contribution in [0.4, 0.5) is 0 Å². The maximum Gasteiger partial charge on any atom is 0.332 e. The first-order valence-electron chi connectivity index (χ1n) is 15.6. The molecule has 0 aliphatic heterocycles. The van der Waals surface area contributed by atoms with Crippen LogP contribution in [-0.2, 0) is 59.0 Å². The lowest BCUT2D eigenvalue weighted by Gasteiger charge is -2.38. The van der Waals surface area contributed by atoms with Crippen LogP contribution < -0.4 is 0 Å². The smallest absolute Gasteiger partial charge is 0.332 e. The van der Waals surface area contributed by atoms with E-state index in [-0.39, 0.29) is 39.2 Å². The van der Waals surface area contributed by atoms with Crippen molar-refractivity contribution in [3.05, 3.63) is 144 Å². The SMILES string of the molecule is COP(=O)(C[C@@H](O)[C@H](OCc1ccccc1)[C@@H](OCc1ccccc1)[C@H](OCc1ccccc1)[C@H](O)COCc1ccccc1)OC. The molecular weight excluding hydrogens is 619 g/mol. The number of ether oxygens (including phenoxy) is 4. The van der Waals surface area contributed by atoms with Crippen LogP contribution in [0.1, 0.15) is 22.3 Å². The average molecular weight is 665 g/mol. The van der Waals surface area contributed by atoms with Crippen molar-refractivity contribution < 1.29 is 42.8 Å². The van der Waals surface area contributed by atoms with Gasteiger partial charge in [-0.15, -0.1) is 0 Å². The Morgan fingerprint density at radius 3 is 1.23 bits per heavy atom. The predicted octanol–water partition coefficient (Wildman–Crippen LogP) is 6.17. The summed E-state index contributed by atoms with van der Waals surface area (Å²) in [6.45, 7) is 0.557. The van der Waals surface area contributed by atoms with E-state index in [1.165, 1.54) is 14.2 Å². The highest BCUT2D eigenvalue weighted by Crippen LogP contribution is 2.47. The molecule has 252 valence electrons. The van der Waals surface area contributed by atoms with Gasteiger partial charge in [-0.3, -0.25) is 4.57 Å². The summed E-state index contributed by atoms with van der Waals surface area (Å²) < 4.78 is 48.8. The van der Waals surface area contributed by atoms with E-state index in [0.717, 1.165) is 22.3 Å². The molecule has 0 unspecified atom stereocenters. The molecule has 9 nitrogen and oxygen atoms in total. The minimum Gasteiger partial charge on any atom is -0.390 e. The van der Waals surface area contributed by atoms with Gasteiger partial charge in [0.1, 0.15) is 24.4 Å². The fourth-order valence-corrected chi connectivity index (χ4v) is 6.16. The van der Waals surface area contributed by atoms with Crippen molar-refractivity contribution in [2.45, 2.75) is 56.9 Å². The fourth-order valence-electron chi connectivity index (χ4n) is 5.05. The highest BCUT2D eigenvalue weighted by Gasteiger charge is 2.43. The third-order valence-electron chi connectivity index (χ3n) is 7.63. The second kappa shape index (κ2) is 19.6. The first-order valence-corrected chi connectivity index (χ1v) is 17.3. The van der Waals surface area contributed by atoms with E-state index in [2.05, 4.69) is 0 Å². The quantitative estimate of drug-likeness (QED) is 0.101. The van der Waals surface area contributed by atoms with Gasteiger partial charge in [0.15, 0.2) is 0 Å². The molecule has 0 radical (unpaired) electrons. The molecule has 0 heterocycles. The molecule has 0 fully saturated rings. The normalized spacial score (nSPS) is 15.1. The highest BCUT2D eigenvalue weighted by atomic mass is 31.2. The van der Waals surface area contributed by atoms with Crippen molar-refractivity contribution in [2.24, 2.45) is 0 Å². The summed E-state index contributed by atoms with van der Waals surface area (Å²) in [6.07, 6.45) is -6.22. The predicted molar refractivity (Wildman–Crippen MR) is 180 cm³/mol. The Balaban J connectivity index is 1.68. The number of rotatable bonds is 21. The zero-order chi connectivity index (χ0) is 33.3. The molecule has 4 aromatic rings. The standard InChI is InChI=1S/C37H45O9P/c1-41-47(40,42-2)28-34(39)36(45-25-31-19-11-5-12-20-31)37(46-26-32-21-13-6-14-22-32)35(44-24-30-17-9-4-10-18-30)33(38)27-43-23-29-15-7-3-8-16-29/h3-22,33-39H,23-28H2,1-2H3/t33-,34-,35-,36+,37+/m1/s1. The average Bonchev–Trinajstić information content (AvgIpc) is 3.12. The Bertz CT molecular complexity index is 1440.